The number of ketones is 1. The average Bonchev–Trinajstić information content (AvgIpc) is 3.31. The summed E-state index contributed by atoms with van der Waals surface area (Å²) >= 11 is 1.80. The Kier molecular flexibility index (Phi) is 14.0. The van der Waals surface area contributed by atoms with Crippen LogP contribution in [0, 0.1) is 18.9 Å². The van der Waals surface area contributed by atoms with Gasteiger partial charge in [-0.15, -0.1) is 0 Å². The first-order valence-corrected chi connectivity index (χ1v) is 19.6. The van der Waals surface area contributed by atoms with E-state index in [1.54, 1.807) is 9.25 Å². The first kappa shape index (κ1) is 38.8. The van der Waals surface area contributed by atoms with E-state index in [4.69, 9.17) is 9.97 Å². The summed E-state index contributed by atoms with van der Waals surface area (Å²) in [6.45, 7) is 15.4. The van der Waals surface area contributed by atoms with Crippen LogP contribution in [0.25, 0.3) is 32.2 Å². The van der Waals surface area contributed by atoms with E-state index in [-0.39, 0.29) is 58.1 Å². The second-order valence-electron chi connectivity index (χ2n) is 13.6. The van der Waals surface area contributed by atoms with Crippen LogP contribution in [-0.2, 0) is 30.3 Å². The molecular formula is C38H48FIrN2O2STe-. The number of hydrogen-bond acceptors (Lipinski definition) is 5. The van der Waals surface area contributed by atoms with Gasteiger partial charge in [-0.2, -0.15) is 0 Å². The third kappa shape index (κ3) is 9.48. The molecule has 1 aliphatic carbocycles. The van der Waals surface area contributed by atoms with Crippen LogP contribution in [0.4, 0.5) is 4.39 Å². The number of aromatic nitrogens is 2. The van der Waals surface area contributed by atoms with Crippen molar-refractivity contribution in [3.05, 3.63) is 65.7 Å². The van der Waals surface area contributed by atoms with E-state index in [0.717, 1.165) is 39.7 Å². The van der Waals surface area contributed by atoms with E-state index in [9.17, 15) is 14.3 Å². The molecule has 5 rings (SSSR count). The van der Waals surface area contributed by atoms with Gasteiger partial charge in [-0.1, -0.05) is 13.8 Å². The number of carbonyl (C=O) groups excluding carboxylic acids is 1. The number of aliphatic hydroxyl groups is 1. The molecule has 1 radical (unpaired) electrons. The number of thiophene rings is 1. The molecule has 1 saturated carbocycles. The molecule has 251 valence electrons. The normalized spacial score (nSPS) is 14.7. The van der Waals surface area contributed by atoms with Crippen LogP contribution in [0.15, 0.2) is 48.5 Å². The minimum atomic E-state index is -1.90. The molecule has 0 saturated heterocycles. The molecule has 1 fully saturated rings. The topological polar surface area (TPSA) is 63.1 Å². The summed E-state index contributed by atoms with van der Waals surface area (Å²) in [5.41, 5.74) is 4.23. The Bertz CT molecular complexity index is 1660. The van der Waals surface area contributed by atoms with Gasteiger partial charge < -0.3 is 5.11 Å². The van der Waals surface area contributed by atoms with Gasteiger partial charge in [0.05, 0.1) is 5.76 Å². The Morgan fingerprint density at radius 2 is 1.76 bits per heavy atom. The molecular weight excluding hydrogens is 887 g/mol. The van der Waals surface area contributed by atoms with Crippen LogP contribution in [0.5, 0.6) is 0 Å². The van der Waals surface area contributed by atoms with E-state index in [1.165, 1.54) is 72.6 Å². The quantitative estimate of drug-likeness (QED) is 0.0828. The number of benzene rings is 2. The number of aryl methyl sites for hydroxylation is 1. The Hall–Kier alpha value is -1.68. The maximum absolute atomic E-state index is 13.1. The van der Waals surface area contributed by atoms with Crippen molar-refractivity contribution in [3.8, 4) is 11.3 Å². The molecule has 4 nitrogen and oxygen atoms in total. The van der Waals surface area contributed by atoms with Crippen molar-refractivity contribution >= 4 is 62.0 Å². The number of nitrogens with zero attached hydrogens (tertiary/aromatic N) is 2. The van der Waals surface area contributed by atoms with E-state index < -0.39 is 11.5 Å². The van der Waals surface area contributed by atoms with Gasteiger partial charge >= 0.3 is 200 Å². The molecule has 0 amide bonds. The number of hydrogen-bond donors (Lipinski definition) is 1. The fourth-order valence-corrected chi connectivity index (χ4v) is 12.1. The van der Waals surface area contributed by atoms with Gasteiger partial charge in [-0.25, -0.2) is 4.39 Å². The van der Waals surface area contributed by atoms with Crippen molar-refractivity contribution in [2.24, 2.45) is 5.92 Å². The van der Waals surface area contributed by atoms with Crippen molar-refractivity contribution < 1.29 is 34.4 Å². The molecule has 2 aromatic heterocycles. The van der Waals surface area contributed by atoms with Crippen molar-refractivity contribution in [3.63, 3.8) is 0 Å². The molecule has 46 heavy (non-hydrogen) atoms. The fourth-order valence-electron chi connectivity index (χ4n) is 5.75. The van der Waals surface area contributed by atoms with Gasteiger partial charge in [0.2, 0.25) is 0 Å². The van der Waals surface area contributed by atoms with Gasteiger partial charge in [0.15, 0.2) is 11.5 Å². The Morgan fingerprint density at radius 3 is 2.37 bits per heavy atom. The van der Waals surface area contributed by atoms with Crippen molar-refractivity contribution in [2.45, 2.75) is 115 Å². The zero-order valence-electron chi connectivity index (χ0n) is 28.4. The Labute approximate surface area is 302 Å². The summed E-state index contributed by atoms with van der Waals surface area (Å²) in [5, 5.41) is 12.0. The third-order valence-corrected chi connectivity index (χ3v) is 14.8. The molecule has 8 heteroatoms. The van der Waals surface area contributed by atoms with Crippen LogP contribution >= 0.6 is 11.3 Å². The number of carbonyl (C=O) groups is 1. The third-order valence-electron chi connectivity index (χ3n) is 8.59. The maximum Gasteiger partial charge on any atom is 0 e. The van der Waals surface area contributed by atoms with Crippen LogP contribution < -0.4 is 2.93 Å². The smallest absolute Gasteiger partial charge is 0 e. The minimum absolute atomic E-state index is 0. The van der Waals surface area contributed by atoms with Gasteiger partial charge in [0.1, 0.15) is 0 Å². The fraction of sp³-hybridized carbons (Fsp3) is 0.500. The average molecular weight is 936 g/mol. The zero-order valence-corrected chi connectivity index (χ0v) is 34.0. The molecule has 0 bridgehead atoms. The molecule has 0 aliphatic heterocycles. The number of rotatable bonds is 8. The Morgan fingerprint density at radius 1 is 1.11 bits per heavy atom. The number of alkyl halides is 1. The van der Waals surface area contributed by atoms with E-state index in [2.05, 4.69) is 64.1 Å². The maximum atomic E-state index is 13.1. The summed E-state index contributed by atoms with van der Waals surface area (Å²) in [5.74, 6) is -0.728. The largest absolute Gasteiger partial charge is 0 e. The van der Waals surface area contributed by atoms with E-state index in [0.29, 0.717) is 0 Å². The first-order chi connectivity index (χ1) is 21.2. The van der Waals surface area contributed by atoms with Crippen LogP contribution in [-0.4, -0.2) is 47.4 Å². The predicted molar refractivity (Wildman–Crippen MR) is 190 cm³/mol. The summed E-state index contributed by atoms with van der Waals surface area (Å²) in [4.78, 5) is 20.7. The molecule has 0 spiro atoms. The van der Waals surface area contributed by atoms with Gasteiger partial charge in [0.25, 0.3) is 0 Å². The van der Waals surface area contributed by atoms with Crippen molar-refractivity contribution in [1.29, 1.82) is 0 Å². The monoisotopic (exact) mass is 938 g/mol. The summed E-state index contributed by atoms with van der Waals surface area (Å²) in [7, 11) is 0. The van der Waals surface area contributed by atoms with E-state index >= 15 is 0 Å². The van der Waals surface area contributed by atoms with Crippen LogP contribution in [0.2, 0.25) is 3.97 Å². The molecule has 1 N–H and O–H groups in total. The number of allylic oxidation sites excluding steroid dienone is 2. The minimum Gasteiger partial charge on any atom is 0 e. The van der Waals surface area contributed by atoms with Gasteiger partial charge in [-0.05, 0) is 26.7 Å². The zero-order chi connectivity index (χ0) is 32.9. The molecule has 2 heterocycles. The Balaban J connectivity index is 0.000000329. The second-order valence-corrected chi connectivity index (χ2v) is 19.2. The standard InChI is InChI=1S/C27H29N2STe.C11H19FO2.Ir/c1-17-23-25(30-26(17)31-20-11-6-5-7-12-20)24(29-16-28-23)19-14-18-10-8-9-13-21(18)22(15-19)27(2,3)4;1-5-8(6-2)9(13)7-10(14)11(3,4)12;/h8-10,13,15-16,20H,5-7,11-12H2,1-4H3;7-8,13H,5-6H2,1-4H3;/q-1;;/b;9-7-;. The van der Waals surface area contributed by atoms with Crippen molar-refractivity contribution in [2.75, 3.05) is 0 Å². The van der Waals surface area contributed by atoms with Crippen LogP contribution in [0.3, 0.4) is 0 Å². The summed E-state index contributed by atoms with van der Waals surface area (Å²) in [6, 6.07) is 14.6. The molecule has 2 aromatic carbocycles. The molecule has 4 aromatic rings. The number of halogens is 1. The molecule has 0 unspecified atom stereocenters. The first-order valence-electron chi connectivity index (χ1n) is 16.2. The molecule has 1 aliphatic rings. The SMILES string of the molecule is CCC(CC)/C(O)=C/C(=O)C(C)(C)F.Cc1c([Te]C2CCCCC2)sc2c(-c3[c-]c4ccccc4c(C(C)(C)C)c3)ncnc12.[Ir]. The van der Waals surface area contributed by atoms with Crippen molar-refractivity contribution in [1.82, 2.24) is 9.97 Å². The van der Waals surface area contributed by atoms with E-state index in [1.807, 2.05) is 25.2 Å². The van der Waals surface area contributed by atoms with Gasteiger partial charge in [-0.3, -0.25) is 4.79 Å². The summed E-state index contributed by atoms with van der Waals surface area (Å²) in [6.07, 6.45) is 11.4. The predicted octanol–water partition coefficient (Wildman–Crippen LogP) is 10.2. The number of fused-ring (bicyclic) bond motifs is 2. The van der Waals surface area contributed by atoms with Crippen LogP contribution in [0.1, 0.15) is 105 Å². The van der Waals surface area contributed by atoms with Gasteiger partial charge in [0, 0.05) is 32.1 Å². The second kappa shape index (κ2) is 16.6. The molecule has 0 atom stereocenters. The number of aliphatic hydroxyl groups excluding tert-OH is 1. The summed E-state index contributed by atoms with van der Waals surface area (Å²) < 4.78 is 17.0.